The molecule has 22 heavy (non-hydrogen) atoms. The first-order chi connectivity index (χ1) is 10.7. The normalized spacial score (nSPS) is 12.0. The smallest absolute Gasteiger partial charge is 0.191 e. The van der Waals surface area contributed by atoms with Gasteiger partial charge in [-0.2, -0.15) is 0 Å². The number of nitrogens with one attached hydrogen (secondary N) is 2. The zero-order chi connectivity index (χ0) is 16.5. The van der Waals surface area contributed by atoms with Gasteiger partial charge < -0.3 is 29.7 Å². The van der Waals surface area contributed by atoms with E-state index in [9.17, 15) is 0 Å². The molecule has 0 aliphatic rings. The molecule has 0 aliphatic heterocycles. The van der Waals surface area contributed by atoms with Gasteiger partial charge in [-0.1, -0.05) is 0 Å². The summed E-state index contributed by atoms with van der Waals surface area (Å²) in [5, 5.41) is 6.58. The van der Waals surface area contributed by atoms with Gasteiger partial charge in [0.15, 0.2) is 5.96 Å². The lowest BCUT2D eigenvalue weighted by molar-refractivity contribution is 0.0698. The molecular weight excluding hydrogens is 284 g/mol. The number of guanidine groups is 1. The number of nitrogens with zero attached hydrogens (tertiary/aromatic N) is 2. The van der Waals surface area contributed by atoms with Crippen molar-refractivity contribution in [2.75, 3.05) is 80.9 Å². The van der Waals surface area contributed by atoms with Crippen molar-refractivity contribution in [3.63, 3.8) is 0 Å². The average Bonchev–Trinajstić information content (AvgIpc) is 2.52. The Morgan fingerprint density at radius 1 is 0.909 bits per heavy atom. The lowest BCUT2D eigenvalue weighted by atomic mass is 10.4. The van der Waals surface area contributed by atoms with Crippen molar-refractivity contribution in [2.24, 2.45) is 4.99 Å². The molecule has 0 aromatic carbocycles. The van der Waals surface area contributed by atoms with Crippen LogP contribution in [0, 0.1) is 0 Å². The Morgan fingerprint density at radius 2 is 1.64 bits per heavy atom. The van der Waals surface area contributed by atoms with Crippen LogP contribution in [0.3, 0.4) is 0 Å². The van der Waals surface area contributed by atoms with Crippen molar-refractivity contribution >= 4 is 5.96 Å². The highest BCUT2D eigenvalue weighted by molar-refractivity contribution is 5.79. The molecule has 7 nitrogen and oxygen atoms in total. The van der Waals surface area contributed by atoms with Crippen LogP contribution in [0.2, 0.25) is 0 Å². The van der Waals surface area contributed by atoms with Crippen molar-refractivity contribution in [3.8, 4) is 0 Å². The van der Waals surface area contributed by atoms with Crippen LogP contribution in [0.5, 0.6) is 0 Å². The molecule has 0 aliphatic carbocycles. The molecule has 0 saturated carbocycles. The summed E-state index contributed by atoms with van der Waals surface area (Å²) >= 11 is 0. The summed E-state index contributed by atoms with van der Waals surface area (Å²) in [4.78, 5) is 6.48. The molecule has 0 amide bonds. The number of aliphatic imine (C=N–C) groups is 1. The second-order valence-corrected chi connectivity index (χ2v) is 5.03. The fourth-order valence-electron chi connectivity index (χ4n) is 1.80. The summed E-state index contributed by atoms with van der Waals surface area (Å²) in [6, 6.07) is 0. The van der Waals surface area contributed by atoms with Crippen LogP contribution in [-0.4, -0.2) is 91.8 Å². The molecule has 0 spiro atoms. The SMILES string of the molecule is CN=C(NCCCOCCOC)NCCN(C)CCCOC. The largest absolute Gasteiger partial charge is 0.385 e. The summed E-state index contributed by atoms with van der Waals surface area (Å²) in [6.07, 6.45) is 2.00. The Bertz CT molecular complexity index is 265. The fourth-order valence-corrected chi connectivity index (χ4v) is 1.80. The molecule has 0 saturated heterocycles. The Balaban J connectivity index is 3.51. The van der Waals surface area contributed by atoms with Crippen LogP contribution in [-0.2, 0) is 14.2 Å². The maximum Gasteiger partial charge on any atom is 0.191 e. The Labute approximate surface area is 135 Å². The van der Waals surface area contributed by atoms with Crippen LogP contribution in [0.4, 0.5) is 0 Å². The number of methoxy groups -OCH3 is 2. The Morgan fingerprint density at radius 3 is 2.32 bits per heavy atom. The van der Waals surface area contributed by atoms with E-state index in [2.05, 4.69) is 27.6 Å². The Kier molecular flexibility index (Phi) is 15.8. The van der Waals surface area contributed by atoms with E-state index in [0.29, 0.717) is 13.2 Å². The minimum atomic E-state index is 0.647. The molecule has 0 unspecified atom stereocenters. The van der Waals surface area contributed by atoms with Gasteiger partial charge in [-0.3, -0.25) is 4.99 Å². The molecule has 0 bridgehead atoms. The minimum absolute atomic E-state index is 0.647. The highest BCUT2D eigenvalue weighted by atomic mass is 16.5. The molecule has 7 heteroatoms. The van der Waals surface area contributed by atoms with Gasteiger partial charge in [0.25, 0.3) is 0 Å². The van der Waals surface area contributed by atoms with Gasteiger partial charge in [0.1, 0.15) is 0 Å². The molecule has 0 fully saturated rings. The van der Waals surface area contributed by atoms with Crippen LogP contribution in [0.1, 0.15) is 12.8 Å². The van der Waals surface area contributed by atoms with Crippen molar-refractivity contribution in [2.45, 2.75) is 12.8 Å². The summed E-state index contributed by atoms with van der Waals surface area (Å²) < 4.78 is 15.4. The van der Waals surface area contributed by atoms with E-state index in [1.165, 1.54) is 0 Å². The Hall–Kier alpha value is -0.890. The minimum Gasteiger partial charge on any atom is -0.385 e. The van der Waals surface area contributed by atoms with Gasteiger partial charge in [-0.05, 0) is 19.9 Å². The predicted molar refractivity (Wildman–Crippen MR) is 90.7 cm³/mol. The summed E-state index contributed by atoms with van der Waals surface area (Å²) in [5.74, 6) is 0.835. The number of hydrogen-bond acceptors (Lipinski definition) is 5. The molecule has 0 heterocycles. The van der Waals surface area contributed by atoms with Gasteiger partial charge in [-0.15, -0.1) is 0 Å². The first kappa shape index (κ1) is 21.1. The average molecular weight is 318 g/mol. The first-order valence-corrected chi connectivity index (χ1v) is 7.93. The van der Waals surface area contributed by atoms with Crippen molar-refractivity contribution in [1.82, 2.24) is 15.5 Å². The van der Waals surface area contributed by atoms with Crippen LogP contribution in [0.25, 0.3) is 0 Å². The van der Waals surface area contributed by atoms with Gasteiger partial charge in [0.2, 0.25) is 0 Å². The van der Waals surface area contributed by atoms with E-state index in [0.717, 1.165) is 58.2 Å². The third kappa shape index (κ3) is 14.1. The van der Waals surface area contributed by atoms with Crippen molar-refractivity contribution in [3.05, 3.63) is 0 Å². The predicted octanol–water partition coefficient (Wildman–Crippen LogP) is 0.173. The van der Waals surface area contributed by atoms with E-state index in [1.54, 1.807) is 21.3 Å². The molecule has 0 atom stereocenters. The first-order valence-electron chi connectivity index (χ1n) is 7.93. The van der Waals surface area contributed by atoms with Gasteiger partial charge in [0, 0.05) is 60.7 Å². The van der Waals surface area contributed by atoms with E-state index in [-0.39, 0.29) is 0 Å². The highest BCUT2D eigenvalue weighted by Gasteiger charge is 2.00. The third-order valence-corrected chi connectivity index (χ3v) is 3.09. The van der Waals surface area contributed by atoms with Crippen molar-refractivity contribution in [1.29, 1.82) is 0 Å². The fraction of sp³-hybridized carbons (Fsp3) is 0.933. The quantitative estimate of drug-likeness (QED) is 0.270. The lowest BCUT2D eigenvalue weighted by Gasteiger charge is -2.18. The standard InChI is InChI=1S/C15H34N4O3/c1-16-15(17-7-5-12-22-14-13-21-4)18-8-10-19(2)9-6-11-20-3/h5-14H2,1-4H3,(H2,16,17,18). The molecule has 0 rings (SSSR count). The molecule has 2 N–H and O–H groups in total. The van der Waals surface area contributed by atoms with Crippen LogP contribution >= 0.6 is 0 Å². The number of likely N-dealkylation sites (N-methyl/N-ethyl adjacent to an activating group) is 1. The van der Waals surface area contributed by atoms with E-state index >= 15 is 0 Å². The van der Waals surface area contributed by atoms with E-state index < -0.39 is 0 Å². The molecular formula is C15H34N4O3. The zero-order valence-corrected chi connectivity index (χ0v) is 14.7. The maximum absolute atomic E-state index is 5.41. The molecule has 132 valence electrons. The summed E-state index contributed by atoms with van der Waals surface area (Å²) in [6.45, 7) is 6.57. The van der Waals surface area contributed by atoms with E-state index in [4.69, 9.17) is 14.2 Å². The maximum atomic E-state index is 5.41. The monoisotopic (exact) mass is 318 g/mol. The summed E-state index contributed by atoms with van der Waals surface area (Å²) in [7, 11) is 7.31. The highest BCUT2D eigenvalue weighted by Crippen LogP contribution is 1.87. The second kappa shape index (κ2) is 16.5. The topological polar surface area (TPSA) is 67.4 Å². The summed E-state index contributed by atoms with van der Waals surface area (Å²) in [5.41, 5.74) is 0. The van der Waals surface area contributed by atoms with Gasteiger partial charge >= 0.3 is 0 Å². The number of ether oxygens (including phenoxy) is 3. The lowest BCUT2D eigenvalue weighted by Crippen LogP contribution is -2.41. The van der Waals surface area contributed by atoms with Crippen LogP contribution in [0.15, 0.2) is 4.99 Å². The second-order valence-electron chi connectivity index (χ2n) is 5.03. The molecule has 0 radical (unpaired) electrons. The number of hydrogen-bond donors (Lipinski definition) is 2. The van der Waals surface area contributed by atoms with Gasteiger partial charge in [-0.25, -0.2) is 0 Å². The van der Waals surface area contributed by atoms with Crippen LogP contribution < -0.4 is 10.6 Å². The number of rotatable bonds is 14. The molecule has 0 aromatic rings. The molecule has 0 aromatic heterocycles. The zero-order valence-electron chi connectivity index (χ0n) is 14.7. The third-order valence-electron chi connectivity index (χ3n) is 3.09. The van der Waals surface area contributed by atoms with E-state index in [1.807, 2.05) is 0 Å². The van der Waals surface area contributed by atoms with Crippen molar-refractivity contribution < 1.29 is 14.2 Å². The van der Waals surface area contributed by atoms with Gasteiger partial charge in [0.05, 0.1) is 13.2 Å².